The van der Waals surface area contributed by atoms with Gasteiger partial charge in [-0.3, -0.25) is 4.79 Å². The van der Waals surface area contributed by atoms with Crippen molar-refractivity contribution in [3.05, 3.63) is 28.2 Å². The highest BCUT2D eigenvalue weighted by Gasteiger charge is 2.11. The predicted octanol–water partition coefficient (Wildman–Crippen LogP) is 3.23. The van der Waals surface area contributed by atoms with E-state index in [4.69, 9.17) is 28.3 Å². The number of carbonyl (C=O) groups is 2. The van der Waals surface area contributed by atoms with Gasteiger partial charge in [-0.1, -0.05) is 36.2 Å². The number of carboxylic acids is 1. The largest absolute Gasteiger partial charge is 0.481 e. The molecule has 1 rings (SSSR count). The van der Waals surface area contributed by atoms with Crippen LogP contribution >= 0.6 is 23.2 Å². The van der Waals surface area contributed by atoms with Gasteiger partial charge in [-0.15, -0.1) is 0 Å². The normalized spacial score (nSPS) is 11.7. The lowest BCUT2D eigenvalue weighted by Gasteiger charge is -2.12. The quantitative estimate of drug-likeness (QED) is 0.781. The number of aliphatic carboxylic acids is 1. The van der Waals surface area contributed by atoms with E-state index in [2.05, 4.69) is 10.6 Å². The van der Waals surface area contributed by atoms with Crippen LogP contribution in [0.2, 0.25) is 10.0 Å². The maximum atomic E-state index is 11.6. The average molecular weight is 305 g/mol. The molecule has 0 aliphatic rings. The van der Waals surface area contributed by atoms with Gasteiger partial charge in [0.1, 0.15) is 0 Å². The van der Waals surface area contributed by atoms with Crippen molar-refractivity contribution < 1.29 is 14.7 Å². The molecule has 0 heterocycles. The summed E-state index contributed by atoms with van der Waals surface area (Å²) in [7, 11) is 0. The number of urea groups is 1. The van der Waals surface area contributed by atoms with Crippen LogP contribution in [-0.4, -0.2) is 23.7 Å². The van der Waals surface area contributed by atoms with E-state index in [-0.39, 0.29) is 23.9 Å². The van der Waals surface area contributed by atoms with E-state index in [1.54, 1.807) is 25.1 Å². The Balaban J connectivity index is 2.47. The van der Waals surface area contributed by atoms with Crippen molar-refractivity contribution in [2.24, 2.45) is 5.92 Å². The summed E-state index contributed by atoms with van der Waals surface area (Å²) < 4.78 is 0. The molecule has 1 aromatic carbocycles. The van der Waals surface area contributed by atoms with E-state index in [0.29, 0.717) is 10.7 Å². The zero-order valence-corrected chi connectivity index (χ0v) is 11.8. The summed E-state index contributed by atoms with van der Waals surface area (Å²) in [5, 5.41) is 14.3. The van der Waals surface area contributed by atoms with Gasteiger partial charge in [-0.25, -0.2) is 4.79 Å². The number of anilines is 1. The predicted molar refractivity (Wildman–Crippen MR) is 74.9 cm³/mol. The lowest BCUT2D eigenvalue weighted by molar-refractivity contribution is -0.137. The fourth-order valence-corrected chi connectivity index (χ4v) is 1.75. The van der Waals surface area contributed by atoms with Gasteiger partial charge in [-0.05, 0) is 18.1 Å². The molecule has 7 heteroatoms. The first kappa shape index (κ1) is 15.6. The monoisotopic (exact) mass is 304 g/mol. The third-order valence-electron chi connectivity index (χ3n) is 2.33. The molecule has 1 atom stereocenters. The standard InChI is InChI=1S/C12H14Cl2N2O3/c1-7(5-10(17)18)6-15-12(19)16-9-4-2-3-8(13)11(9)14/h2-4,7H,5-6H2,1H3,(H,17,18)(H2,15,16,19). The van der Waals surface area contributed by atoms with Crippen LogP contribution in [0.5, 0.6) is 0 Å². The van der Waals surface area contributed by atoms with E-state index in [0.717, 1.165) is 0 Å². The zero-order chi connectivity index (χ0) is 14.4. The number of carboxylic acid groups (broad SMARTS) is 1. The summed E-state index contributed by atoms with van der Waals surface area (Å²) in [5.41, 5.74) is 0.401. The number of amides is 2. The maximum Gasteiger partial charge on any atom is 0.319 e. The van der Waals surface area contributed by atoms with Crippen LogP contribution in [0.4, 0.5) is 10.5 Å². The molecule has 0 aliphatic carbocycles. The molecule has 1 unspecified atom stereocenters. The second-order valence-electron chi connectivity index (χ2n) is 4.14. The lowest BCUT2D eigenvalue weighted by atomic mass is 10.1. The highest BCUT2D eigenvalue weighted by molar-refractivity contribution is 6.43. The van der Waals surface area contributed by atoms with Crippen LogP contribution in [-0.2, 0) is 4.79 Å². The summed E-state index contributed by atoms with van der Waals surface area (Å²) in [6, 6.07) is 4.44. The van der Waals surface area contributed by atoms with Gasteiger partial charge < -0.3 is 15.7 Å². The molecule has 19 heavy (non-hydrogen) atoms. The molecule has 0 bridgehead atoms. The molecular weight excluding hydrogens is 291 g/mol. The van der Waals surface area contributed by atoms with Gasteiger partial charge in [-0.2, -0.15) is 0 Å². The van der Waals surface area contributed by atoms with Crippen molar-refractivity contribution in [2.75, 3.05) is 11.9 Å². The van der Waals surface area contributed by atoms with E-state index in [1.165, 1.54) is 0 Å². The molecule has 3 N–H and O–H groups in total. The molecule has 0 saturated heterocycles. The third-order valence-corrected chi connectivity index (χ3v) is 3.15. The summed E-state index contributed by atoms with van der Waals surface area (Å²) in [4.78, 5) is 22.1. The Bertz CT molecular complexity index is 480. The average Bonchev–Trinajstić information content (AvgIpc) is 2.32. The number of hydrogen-bond donors (Lipinski definition) is 3. The van der Waals surface area contributed by atoms with Crippen LogP contribution < -0.4 is 10.6 Å². The Morgan fingerprint density at radius 3 is 2.68 bits per heavy atom. The molecule has 0 aliphatic heterocycles. The van der Waals surface area contributed by atoms with Crippen molar-refractivity contribution in [2.45, 2.75) is 13.3 Å². The Morgan fingerprint density at radius 2 is 2.05 bits per heavy atom. The minimum absolute atomic E-state index is 0.00178. The molecular formula is C12H14Cl2N2O3. The fourth-order valence-electron chi connectivity index (χ4n) is 1.40. The molecule has 0 saturated carbocycles. The van der Waals surface area contributed by atoms with Gasteiger partial charge in [0.05, 0.1) is 15.7 Å². The third kappa shape index (κ3) is 5.36. The Kier molecular flexibility index (Phi) is 5.92. The molecule has 0 aromatic heterocycles. The Labute approximate surface area is 120 Å². The minimum atomic E-state index is -0.896. The van der Waals surface area contributed by atoms with E-state index in [1.807, 2.05) is 0 Å². The lowest BCUT2D eigenvalue weighted by Crippen LogP contribution is -2.33. The van der Waals surface area contributed by atoms with Crippen LogP contribution in [0.25, 0.3) is 0 Å². The smallest absolute Gasteiger partial charge is 0.319 e. The van der Waals surface area contributed by atoms with Crippen LogP contribution in [0.1, 0.15) is 13.3 Å². The summed E-state index contributed by atoms with van der Waals surface area (Å²) in [6.45, 7) is 2.00. The summed E-state index contributed by atoms with van der Waals surface area (Å²) in [5.74, 6) is -1.05. The molecule has 104 valence electrons. The second kappa shape index (κ2) is 7.21. The summed E-state index contributed by atoms with van der Waals surface area (Å²) >= 11 is 11.7. The Hall–Kier alpha value is -1.46. The van der Waals surface area contributed by atoms with E-state index < -0.39 is 12.0 Å². The van der Waals surface area contributed by atoms with Crippen molar-refractivity contribution in [3.63, 3.8) is 0 Å². The molecule has 1 aromatic rings. The second-order valence-corrected chi connectivity index (χ2v) is 4.92. The van der Waals surface area contributed by atoms with Gasteiger partial charge >= 0.3 is 12.0 Å². The van der Waals surface area contributed by atoms with Gasteiger partial charge in [0.2, 0.25) is 0 Å². The van der Waals surface area contributed by atoms with Crippen molar-refractivity contribution in [3.8, 4) is 0 Å². The van der Waals surface area contributed by atoms with Crippen LogP contribution in [0, 0.1) is 5.92 Å². The van der Waals surface area contributed by atoms with Crippen molar-refractivity contribution in [1.29, 1.82) is 0 Å². The highest BCUT2D eigenvalue weighted by Crippen LogP contribution is 2.29. The first-order chi connectivity index (χ1) is 8.90. The molecule has 2 amide bonds. The first-order valence-corrected chi connectivity index (χ1v) is 6.36. The van der Waals surface area contributed by atoms with E-state index in [9.17, 15) is 9.59 Å². The molecule has 0 radical (unpaired) electrons. The van der Waals surface area contributed by atoms with Crippen LogP contribution in [0.15, 0.2) is 18.2 Å². The zero-order valence-electron chi connectivity index (χ0n) is 10.2. The van der Waals surface area contributed by atoms with Gasteiger partial charge in [0, 0.05) is 13.0 Å². The Morgan fingerprint density at radius 1 is 1.37 bits per heavy atom. The SMILES string of the molecule is CC(CNC(=O)Nc1cccc(Cl)c1Cl)CC(=O)O. The number of hydrogen-bond acceptors (Lipinski definition) is 2. The molecule has 5 nitrogen and oxygen atoms in total. The van der Waals surface area contributed by atoms with Crippen molar-refractivity contribution >= 4 is 40.9 Å². The topological polar surface area (TPSA) is 78.4 Å². The van der Waals surface area contributed by atoms with E-state index >= 15 is 0 Å². The number of nitrogens with one attached hydrogen (secondary N) is 2. The minimum Gasteiger partial charge on any atom is -0.481 e. The number of halogens is 2. The number of rotatable bonds is 5. The van der Waals surface area contributed by atoms with Gasteiger partial charge in [0.15, 0.2) is 0 Å². The fraction of sp³-hybridized carbons (Fsp3) is 0.333. The molecule has 0 spiro atoms. The highest BCUT2D eigenvalue weighted by atomic mass is 35.5. The van der Waals surface area contributed by atoms with Gasteiger partial charge in [0.25, 0.3) is 0 Å². The first-order valence-electron chi connectivity index (χ1n) is 5.60. The number of benzene rings is 1. The summed E-state index contributed by atoms with van der Waals surface area (Å²) in [6.07, 6.45) is -0.00178. The van der Waals surface area contributed by atoms with Crippen LogP contribution in [0.3, 0.4) is 0 Å². The van der Waals surface area contributed by atoms with Crippen molar-refractivity contribution in [1.82, 2.24) is 5.32 Å². The molecule has 0 fully saturated rings. The number of carbonyl (C=O) groups excluding carboxylic acids is 1. The maximum absolute atomic E-state index is 11.6.